The monoisotopic (exact) mass is 464 g/mol. The zero-order chi connectivity index (χ0) is 24.1. The second-order valence-electron chi connectivity index (χ2n) is 7.90. The summed E-state index contributed by atoms with van der Waals surface area (Å²) < 4.78 is 10.4. The molecule has 2 aromatic heterocycles. The van der Waals surface area contributed by atoms with E-state index in [1.807, 2.05) is 19.9 Å². The van der Waals surface area contributed by atoms with Gasteiger partial charge in [0.05, 0.1) is 18.1 Å². The van der Waals surface area contributed by atoms with Crippen molar-refractivity contribution in [2.45, 2.75) is 13.8 Å². The third-order valence-corrected chi connectivity index (χ3v) is 5.92. The van der Waals surface area contributed by atoms with E-state index in [1.165, 1.54) is 12.5 Å². The van der Waals surface area contributed by atoms with Crippen molar-refractivity contribution >= 4 is 29.1 Å². The van der Waals surface area contributed by atoms with E-state index in [2.05, 4.69) is 10.2 Å². The van der Waals surface area contributed by atoms with E-state index in [9.17, 15) is 14.4 Å². The molecule has 34 heavy (non-hydrogen) atoms. The number of furan rings is 2. The van der Waals surface area contributed by atoms with E-state index in [4.69, 9.17) is 8.83 Å². The summed E-state index contributed by atoms with van der Waals surface area (Å²) >= 11 is 0. The Morgan fingerprint density at radius 2 is 1.56 bits per heavy atom. The van der Waals surface area contributed by atoms with Gasteiger partial charge in [-0.25, -0.2) is 0 Å². The summed E-state index contributed by atoms with van der Waals surface area (Å²) in [6, 6.07) is 11.9. The minimum Gasteiger partial charge on any atom is -0.459 e. The highest BCUT2D eigenvalue weighted by Crippen LogP contribution is 2.28. The van der Waals surface area contributed by atoms with Gasteiger partial charge in [0.15, 0.2) is 11.5 Å². The van der Waals surface area contributed by atoms with Crippen molar-refractivity contribution in [2.75, 3.05) is 49.5 Å². The predicted octanol–water partition coefficient (Wildman–Crippen LogP) is 3.57. The minimum absolute atomic E-state index is 0.108. The van der Waals surface area contributed by atoms with Crippen LogP contribution >= 0.6 is 0 Å². The van der Waals surface area contributed by atoms with Gasteiger partial charge in [-0.2, -0.15) is 0 Å². The average molecular weight is 465 g/mol. The maximum Gasteiger partial charge on any atom is 0.291 e. The molecule has 0 spiro atoms. The minimum atomic E-state index is -0.385. The fourth-order valence-electron chi connectivity index (χ4n) is 4.05. The molecule has 1 fully saturated rings. The van der Waals surface area contributed by atoms with Crippen LogP contribution < -0.4 is 10.2 Å². The Kier molecular flexibility index (Phi) is 7.01. The van der Waals surface area contributed by atoms with Gasteiger partial charge in [0, 0.05) is 50.6 Å². The van der Waals surface area contributed by atoms with Crippen LogP contribution in [0.5, 0.6) is 0 Å². The number of amides is 3. The Balaban J connectivity index is 1.55. The lowest BCUT2D eigenvalue weighted by molar-refractivity contribution is 0.0711. The Hall–Kier alpha value is -4.01. The van der Waals surface area contributed by atoms with Crippen LogP contribution in [0.25, 0.3) is 0 Å². The molecule has 4 rings (SSSR count). The number of nitrogens with one attached hydrogen (secondary N) is 1. The molecule has 1 N–H and O–H groups in total. The smallest absolute Gasteiger partial charge is 0.291 e. The van der Waals surface area contributed by atoms with Gasteiger partial charge in [0.2, 0.25) is 0 Å². The lowest BCUT2D eigenvalue weighted by Crippen LogP contribution is -2.49. The van der Waals surface area contributed by atoms with Gasteiger partial charge < -0.3 is 28.9 Å². The molecule has 9 nitrogen and oxygen atoms in total. The summed E-state index contributed by atoms with van der Waals surface area (Å²) in [5.41, 5.74) is 1.79. The summed E-state index contributed by atoms with van der Waals surface area (Å²) in [6.45, 7) is 7.18. The molecule has 3 aromatic rings. The maximum absolute atomic E-state index is 13.4. The van der Waals surface area contributed by atoms with E-state index in [1.54, 1.807) is 46.2 Å². The average Bonchev–Trinajstić information content (AvgIpc) is 3.59. The van der Waals surface area contributed by atoms with E-state index < -0.39 is 0 Å². The Bertz CT molecular complexity index is 1130. The normalized spacial score (nSPS) is 13.6. The molecule has 1 saturated heterocycles. The Morgan fingerprint density at radius 1 is 0.912 bits per heavy atom. The Morgan fingerprint density at radius 3 is 2.15 bits per heavy atom. The fourth-order valence-corrected chi connectivity index (χ4v) is 4.05. The van der Waals surface area contributed by atoms with Crippen molar-refractivity contribution in [3.63, 3.8) is 0 Å². The van der Waals surface area contributed by atoms with Crippen LogP contribution in [0.4, 0.5) is 11.4 Å². The molecule has 1 aliphatic rings. The van der Waals surface area contributed by atoms with Gasteiger partial charge in [-0.1, -0.05) is 0 Å². The number of rotatable bonds is 7. The summed E-state index contributed by atoms with van der Waals surface area (Å²) in [6.07, 6.45) is 2.92. The summed E-state index contributed by atoms with van der Waals surface area (Å²) in [7, 11) is 0. The highest BCUT2D eigenvalue weighted by molar-refractivity contribution is 6.05. The molecule has 1 aromatic carbocycles. The first-order valence-corrected chi connectivity index (χ1v) is 11.4. The first-order valence-electron chi connectivity index (χ1n) is 11.4. The van der Waals surface area contributed by atoms with Crippen LogP contribution in [0, 0.1) is 0 Å². The molecule has 0 saturated carbocycles. The van der Waals surface area contributed by atoms with Crippen LogP contribution in [0.3, 0.4) is 0 Å². The van der Waals surface area contributed by atoms with E-state index in [-0.39, 0.29) is 23.5 Å². The van der Waals surface area contributed by atoms with Gasteiger partial charge in [-0.15, -0.1) is 0 Å². The van der Waals surface area contributed by atoms with Crippen molar-refractivity contribution in [3.8, 4) is 0 Å². The largest absolute Gasteiger partial charge is 0.459 e. The number of piperazine rings is 1. The van der Waals surface area contributed by atoms with Gasteiger partial charge in [-0.3, -0.25) is 14.4 Å². The van der Waals surface area contributed by atoms with Gasteiger partial charge in [0.1, 0.15) is 0 Å². The molecular formula is C25H28N4O5. The summed E-state index contributed by atoms with van der Waals surface area (Å²) in [5, 5.41) is 2.80. The molecule has 178 valence electrons. The zero-order valence-electron chi connectivity index (χ0n) is 19.3. The standard InChI is InChI=1S/C25H28N4O5/c1-3-27(4-2)24(31)19-17-18(26-23(30)21-7-5-15-33-21)9-10-20(19)28-11-13-29(14-12-28)25(32)22-8-6-16-34-22/h5-10,15-17H,3-4,11-14H2,1-2H3,(H,26,30). The van der Waals surface area contributed by atoms with Crippen molar-refractivity contribution in [1.29, 1.82) is 0 Å². The quantitative estimate of drug-likeness (QED) is 0.574. The molecule has 9 heteroatoms. The van der Waals surface area contributed by atoms with Crippen LogP contribution in [0.2, 0.25) is 0 Å². The van der Waals surface area contributed by atoms with Gasteiger partial charge in [0.25, 0.3) is 17.7 Å². The lowest BCUT2D eigenvalue weighted by atomic mass is 10.1. The number of benzene rings is 1. The third kappa shape index (κ3) is 4.83. The first kappa shape index (κ1) is 23.2. The Labute approximate surface area is 197 Å². The van der Waals surface area contributed by atoms with Gasteiger partial charge in [-0.05, 0) is 56.3 Å². The number of hydrogen-bond acceptors (Lipinski definition) is 6. The van der Waals surface area contributed by atoms with E-state index >= 15 is 0 Å². The molecule has 0 radical (unpaired) electrons. The van der Waals surface area contributed by atoms with Crippen LogP contribution in [0.1, 0.15) is 45.3 Å². The van der Waals surface area contributed by atoms with Crippen LogP contribution in [-0.4, -0.2) is 66.8 Å². The SMILES string of the molecule is CCN(CC)C(=O)c1cc(NC(=O)c2ccco2)ccc1N1CCN(C(=O)c2ccco2)CC1. The van der Waals surface area contributed by atoms with E-state index in [0.29, 0.717) is 56.3 Å². The zero-order valence-corrected chi connectivity index (χ0v) is 19.3. The fraction of sp³-hybridized carbons (Fsp3) is 0.320. The molecular weight excluding hydrogens is 436 g/mol. The number of carbonyl (C=O) groups is 3. The topological polar surface area (TPSA) is 99.2 Å². The van der Waals surface area contributed by atoms with Crippen molar-refractivity contribution in [3.05, 3.63) is 72.1 Å². The van der Waals surface area contributed by atoms with Crippen molar-refractivity contribution < 1.29 is 23.2 Å². The van der Waals surface area contributed by atoms with Crippen molar-refractivity contribution in [1.82, 2.24) is 9.80 Å². The molecule has 3 heterocycles. The molecule has 0 atom stereocenters. The second-order valence-corrected chi connectivity index (χ2v) is 7.90. The summed E-state index contributed by atoms with van der Waals surface area (Å²) in [5.74, 6) is -0.118. The number of anilines is 2. The molecule has 3 amide bonds. The number of hydrogen-bond donors (Lipinski definition) is 1. The maximum atomic E-state index is 13.4. The number of nitrogens with zero attached hydrogens (tertiary/aromatic N) is 3. The van der Waals surface area contributed by atoms with Crippen molar-refractivity contribution in [2.24, 2.45) is 0 Å². The van der Waals surface area contributed by atoms with Crippen LogP contribution in [0.15, 0.2) is 63.8 Å². The van der Waals surface area contributed by atoms with Crippen LogP contribution in [-0.2, 0) is 0 Å². The van der Waals surface area contributed by atoms with E-state index in [0.717, 1.165) is 5.69 Å². The summed E-state index contributed by atoms with van der Waals surface area (Å²) in [4.78, 5) is 44.0. The lowest BCUT2D eigenvalue weighted by Gasteiger charge is -2.37. The predicted molar refractivity (Wildman–Crippen MR) is 127 cm³/mol. The first-order chi connectivity index (χ1) is 16.5. The molecule has 0 aliphatic carbocycles. The van der Waals surface area contributed by atoms with Gasteiger partial charge >= 0.3 is 0 Å². The second kappa shape index (κ2) is 10.3. The molecule has 0 unspecified atom stereocenters. The highest BCUT2D eigenvalue weighted by Gasteiger charge is 2.27. The number of carbonyl (C=O) groups excluding carboxylic acids is 3. The molecule has 1 aliphatic heterocycles. The third-order valence-electron chi connectivity index (χ3n) is 5.92. The highest BCUT2D eigenvalue weighted by atomic mass is 16.3. The molecule has 0 bridgehead atoms.